The Kier molecular flexibility index (Phi) is 4.04. The van der Waals surface area contributed by atoms with Crippen LogP contribution in [0.2, 0.25) is 5.02 Å². The van der Waals surface area contributed by atoms with Gasteiger partial charge in [-0.25, -0.2) is 0 Å². The van der Waals surface area contributed by atoms with E-state index in [9.17, 15) is 5.11 Å². The van der Waals surface area contributed by atoms with Crippen molar-refractivity contribution in [1.29, 1.82) is 0 Å². The van der Waals surface area contributed by atoms with Gasteiger partial charge in [0.1, 0.15) is 18.5 Å². The summed E-state index contributed by atoms with van der Waals surface area (Å²) >= 11 is 5.82. The van der Waals surface area contributed by atoms with E-state index < -0.39 is 6.10 Å². The van der Waals surface area contributed by atoms with Crippen LogP contribution in [-0.4, -0.2) is 16.7 Å². The van der Waals surface area contributed by atoms with Crippen molar-refractivity contribution < 1.29 is 9.84 Å². The molecule has 21 heavy (non-hydrogen) atoms. The number of ether oxygens (including phenoxy) is 1. The van der Waals surface area contributed by atoms with Crippen LogP contribution in [0.25, 0.3) is 10.8 Å². The number of aliphatic hydroxyl groups is 1. The maximum absolute atomic E-state index is 10.3. The van der Waals surface area contributed by atoms with Gasteiger partial charge in [0.2, 0.25) is 0 Å². The molecule has 0 bridgehead atoms. The van der Waals surface area contributed by atoms with E-state index >= 15 is 0 Å². The smallest absolute Gasteiger partial charge is 0.119 e. The molecule has 0 aliphatic carbocycles. The second kappa shape index (κ2) is 6.12. The Balaban J connectivity index is 1.78. The van der Waals surface area contributed by atoms with Crippen LogP contribution in [0, 0.1) is 0 Å². The second-order valence-corrected chi connectivity index (χ2v) is 5.17. The van der Waals surface area contributed by atoms with Crippen molar-refractivity contribution >= 4 is 22.4 Å². The predicted octanol–water partition coefficient (Wildman–Crippen LogP) is 4.00. The Morgan fingerprint density at radius 1 is 1.05 bits per heavy atom. The maximum atomic E-state index is 10.3. The molecular formula is C17H14ClNO2. The minimum Gasteiger partial charge on any atom is -0.491 e. The molecule has 1 aromatic heterocycles. The van der Waals surface area contributed by atoms with Crippen LogP contribution in [0.3, 0.4) is 0 Å². The highest BCUT2D eigenvalue weighted by Crippen LogP contribution is 2.24. The molecule has 1 unspecified atom stereocenters. The third-order valence-corrected chi connectivity index (χ3v) is 3.53. The van der Waals surface area contributed by atoms with Crippen molar-refractivity contribution in [2.45, 2.75) is 6.10 Å². The Morgan fingerprint density at radius 3 is 2.62 bits per heavy atom. The molecule has 0 spiro atoms. The van der Waals surface area contributed by atoms with Crippen LogP contribution < -0.4 is 4.74 Å². The molecule has 0 radical (unpaired) electrons. The van der Waals surface area contributed by atoms with E-state index in [4.69, 9.17) is 16.3 Å². The summed E-state index contributed by atoms with van der Waals surface area (Å²) in [4.78, 5) is 4.17. The fourth-order valence-corrected chi connectivity index (χ4v) is 2.33. The zero-order valence-electron chi connectivity index (χ0n) is 11.2. The van der Waals surface area contributed by atoms with Gasteiger partial charge in [0.25, 0.3) is 0 Å². The van der Waals surface area contributed by atoms with Gasteiger partial charge in [0.15, 0.2) is 0 Å². The normalized spacial score (nSPS) is 12.3. The number of nitrogens with zero attached hydrogens (tertiary/aromatic N) is 1. The van der Waals surface area contributed by atoms with E-state index in [2.05, 4.69) is 4.98 Å². The van der Waals surface area contributed by atoms with E-state index in [1.807, 2.05) is 24.3 Å². The first-order valence-electron chi connectivity index (χ1n) is 6.63. The van der Waals surface area contributed by atoms with Crippen molar-refractivity contribution in [2.75, 3.05) is 6.61 Å². The molecule has 1 N–H and O–H groups in total. The number of pyridine rings is 1. The molecular weight excluding hydrogens is 286 g/mol. The van der Waals surface area contributed by atoms with E-state index in [0.29, 0.717) is 10.8 Å². The van der Waals surface area contributed by atoms with Crippen LogP contribution in [-0.2, 0) is 0 Å². The quantitative estimate of drug-likeness (QED) is 0.792. The van der Waals surface area contributed by atoms with E-state index in [-0.39, 0.29) is 6.61 Å². The Hall–Kier alpha value is -2.10. The van der Waals surface area contributed by atoms with Gasteiger partial charge in [-0.3, -0.25) is 4.98 Å². The monoisotopic (exact) mass is 299 g/mol. The average molecular weight is 300 g/mol. The number of halogens is 1. The van der Waals surface area contributed by atoms with Crippen molar-refractivity contribution in [3.63, 3.8) is 0 Å². The van der Waals surface area contributed by atoms with E-state index in [0.717, 1.165) is 16.3 Å². The Labute approximate surface area is 127 Å². The Bertz CT molecular complexity index is 738. The number of hydrogen-bond acceptors (Lipinski definition) is 3. The molecule has 0 saturated heterocycles. The minimum absolute atomic E-state index is 0.164. The standard InChI is InChI=1S/C17H14ClNO2/c18-13-5-7-14(8-6-13)21-11-17(20)16-10-19-9-12-3-1-2-4-15(12)16/h1-10,17,20H,11H2. The van der Waals surface area contributed by atoms with Crippen molar-refractivity contribution in [1.82, 2.24) is 4.98 Å². The van der Waals surface area contributed by atoms with Crippen molar-refractivity contribution in [2.24, 2.45) is 0 Å². The predicted molar refractivity (Wildman–Crippen MR) is 83.6 cm³/mol. The largest absolute Gasteiger partial charge is 0.491 e. The first-order valence-corrected chi connectivity index (χ1v) is 7.01. The summed E-state index contributed by atoms with van der Waals surface area (Å²) in [7, 11) is 0. The second-order valence-electron chi connectivity index (χ2n) is 4.73. The van der Waals surface area contributed by atoms with Gasteiger partial charge in [0.05, 0.1) is 0 Å². The fourth-order valence-electron chi connectivity index (χ4n) is 2.20. The summed E-state index contributed by atoms with van der Waals surface area (Å²) in [5.41, 5.74) is 0.766. The average Bonchev–Trinajstić information content (AvgIpc) is 2.53. The number of fused-ring (bicyclic) bond motifs is 1. The molecule has 0 fully saturated rings. The van der Waals surface area contributed by atoms with Crippen LogP contribution in [0.1, 0.15) is 11.7 Å². The number of aromatic nitrogens is 1. The van der Waals surface area contributed by atoms with Gasteiger partial charge in [-0.2, -0.15) is 0 Å². The van der Waals surface area contributed by atoms with Gasteiger partial charge < -0.3 is 9.84 Å². The molecule has 0 amide bonds. The zero-order valence-corrected chi connectivity index (χ0v) is 12.0. The number of aliphatic hydroxyl groups excluding tert-OH is 1. The van der Waals surface area contributed by atoms with Gasteiger partial charge >= 0.3 is 0 Å². The third kappa shape index (κ3) is 3.15. The van der Waals surface area contributed by atoms with Crippen LogP contribution in [0.5, 0.6) is 5.75 Å². The maximum Gasteiger partial charge on any atom is 0.119 e. The number of benzene rings is 2. The molecule has 4 heteroatoms. The summed E-state index contributed by atoms with van der Waals surface area (Å²) in [6, 6.07) is 14.9. The lowest BCUT2D eigenvalue weighted by molar-refractivity contribution is 0.109. The van der Waals surface area contributed by atoms with Gasteiger partial charge in [0, 0.05) is 28.4 Å². The molecule has 3 rings (SSSR count). The Morgan fingerprint density at radius 2 is 1.81 bits per heavy atom. The molecule has 1 atom stereocenters. The van der Waals surface area contributed by atoms with E-state index in [1.54, 1.807) is 36.7 Å². The van der Waals surface area contributed by atoms with Crippen molar-refractivity contribution in [3.8, 4) is 5.75 Å². The first-order chi connectivity index (χ1) is 10.2. The summed E-state index contributed by atoms with van der Waals surface area (Å²) in [5, 5.41) is 13.0. The zero-order chi connectivity index (χ0) is 14.7. The molecule has 1 heterocycles. The lowest BCUT2D eigenvalue weighted by Crippen LogP contribution is -2.10. The molecule has 3 nitrogen and oxygen atoms in total. The summed E-state index contributed by atoms with van der Waals surface area (Å²) in [6.45, 7) is 0.164. The van der Waals surface area contributed by atoms with Crippen LogP contribution in [0.15, 0.2) is 60.9 Å². The molecule has 2 aromatic carbocycles. The van der Waals surface area contributed by atoms with Gasteiger partial charge in [-0.15, -0.1) is 0 Å². The summed E-state index contributed by atoms with van der Waals surface area (Å²) in [5.74, 6) is 0.673. The van der Waals surface area contributed by atoms with Crippen LogP contribution >= 0.6 is 11.6 Å². The highest BCUT2D eigenvalue weighted by Gasteiger charge is 2.12. The highest BCUT2D eigenvalue weighted by atomic mass is 35.5. The fraction of sp³-hybridized carbons (Fsp3) is 0.118. The molecule has 3 aromatic rings. The summed E-state index contributed by atoms with van der Waals surface area (Å²) in [6.07, 6.45) is 2.73. The van der Waals surface area contributed by atoms with Crippen molar-refractivity contribution in [3.05, 3.63) is 71.5 Å². The SMILES string of the molecule is OC(COc1ccc(Cl)cc1)c1cncc2ccccc12. The highest BCUT2D eigenvalue weighted by molar-refractivity contribution is 6.30. The molecule has 106 valence electrons. The summed E-state index contributed by atoms with van der Waals surface area (Å²) < 4.78 is 5.59. The van der Waals surface area contributed by atoms with Gasteiger partial charge in [-0.05, 0) is 29.7 Å². The third-order valence-electron chi connectivity index (χ3n) is 3.28. The number of rotatable bonds is 4. The lowest BCUT2D eigenvalue weighted by atomic mass is 10.0. The molecule has 0 saturated carbocycles. The molecule has 0 aliphatic heterocycles. The van der Waals surface area contributed by atoms with E-state index in [1.165, 1.54) is 0 Å². The lowest BCUT2D eigenvalue weighted by Gasteiger charge is -2.14. The number of hydrogen-bond donors (Lipinski definition) is 1. The first kappa shape index (κ1) is 13.9. The topological polar surface area (TPSA) is 42.4 Å². The van der Waals surface area contributed by atoms with Crippen LogP contribution in [0.4, 0.5) is 0 Å². The minimum atomic E-state index is -0.737. The van der Waals surface area contributed by atoms with Gasteiger partial charge in [-0.1, -0.05) is 35.9 Å². The molecule has 0 aliphatic rings.